The number of benzene rings is 1. The first-order chi connectivity index (χ1) is 8.22. The highest BCUT2D eigenvalue weighted by Gasteiger charge is 2.26. The lowest BCUT2D eigenvalue weighted by molar-refractivity contribution is 0.0178. The van der Waals surface area contributed by atoms with Gasteiger partial charge in [0.1, 0.15) is 0 Å². The van der Waals surface area contributed by atoms with Crippen molar-refractivity contribution in [1.82, 2.24) is 0 Å². The minimum absolute atomic E-state index is 0.374. The van der Waals surface area contributed by atoms with Crippen LogP contribution in [-0.4, -0.2) is 12.6 Å². The van der Waals surface area contributed by atoms with E-state index in [1.165, 1.54) is 36.0 Å². The van der Waals surface area contributed by atoms with Crippen molar-refractivity contribution in [2.75, 3.05) is 6.54 Å². The second-order valence-corrected chi connectivity index (χ2v) is 5.15. The monoisotopic (exact) mass is 233 g/mol. The van der Waals surface area contributed by atoms with Crippen LogP contribution in [0.25, 0.3) is 0 Å². The molecule has 0 saturated heterocycles. The van der Waals surface area contributed by atoms with Gasteiger partial charge in [-0.15, -0.1) is 0 Å². The molecule has 0 radical (unpaired) electrons. The number of hydrogen-bond donors (Lipinski definition) is 1. The summed E-state index contributed by atoms with van der Waals surface area (Å²) in [6, 6.07) is 6.41. The molecule has 0 bridgehead atoms. The van der Waals surface area contributed by atoms with E-state index in [1.807, 2.05) is 0 Å². The van der Waals surface area contributed by atoms with Gasteiger partial charge in [0.05, 0.1) is 12.7 Å². The fourth-order valence-electron chi connectivity index (χ4n) is 2.76. The molecule has 1 aliphatic carbocycles. The van der Waals surface area contributed by atoms with Gasteiger partial charge in [-0.05, 0) is 55.8 Å². The van der Waals surface area contributed by atoms with E-state index in [0.717, 1.165) is 13.2 Å². The lowest BCUT2D eigenvalue weighted by Crippen LogP contribution is -2.25. The molecule has 0 aromatic heterocycles. The molecule has 1 fully saturated rings. The van der Waals surface area contributed by atoms with E-state index in [-0.39, 0.29) is 0 Å². The third kappa shape index (κ3) is 2.88. The van der Waals surface area contributed by atoms with Gasteiger partial charge in [-0.1, -0.05) is 24.6 Å². The Morgan fingerprint density at radius 2 is 1.94 bits per heavy atom. The Morgan fingerprint density at radius 3 is 2.59 bits per heavy atom. The highest BCUT2D eigenvalue weighted by Crippen LogP contribution is 2.28. The van der Waals surface area contributed by atoms with E-state index >= 15 is 0 Å². The largest absolute Gasteiger partial charge is 0.373 e. The molecular formula is C15H23NO. The van der Waals surface area contributed by atoms with E-state index in [1.54, 1.807) is 0 Å². The minimum Gasteiger partial charge on any atom is -0.373 e. The van der Waals surface area contributed by atoms with Crippen molar-refractivity contribution < 1.29 is 4.74 Å². The summed E-state index contributed by atoms with van der Waals surface area (Å²) in [7, 11) is 0. The second-order valence-electron chi connectivity index (χ2n) is 5.15. The predicted octanol–water partition coefficient (Wildman–Crippen LogP) is 2.95. The van der Waals surface area contributed by atoms with Crippen LogP contribution in [0.2, 0.25) is 0 Å². The molecule has 2 heteroatoms. The topological polar surface area (TPSA) is 35.2 Å². The van der Waals surface area contributed by atoms with Crippen LogP contribution in [0.1, 0.15) is 36.0 Å². The van der Waals surface area contributed by atoms with Crippen molar-refractivity contribution in [3.63, 3.8) is 0 Å². The van der Waals surface area contributed by atoms with Crippen LogP contribution in [-0.2, 0) is 11.3 Å². The molecule has 94 valence electrons. The summed E-state index contributed by atoms with van der Waals surface area (Å²) in [5.41, 5.74) is 9.77. The van der Waals surface area contributed by atoms with Crippen molar-refractivity contribution in [3.05, 3.63) is 34.9 Å². The Morgan fingerprint density at radius 1 is 1.24 bits per heavy atom. The average molecular weight is 233 g/mol. The Bertz CT molecular complexity index is 355. The van der Waals surface area contributed by atoms with Crippen LogP contribution in [0, 0.1) is 19.8 Å². The molecular weight excluding hydrogens is 210 g/mol. The van der Waals surface area contributed by atoms with Gasteiger partial charge < -0.3 is 10.5 Å². The van der Waals surface area contributed by atoms with Crippen LogP contribution in [0.4, 0.5) is 0 Å². The zero-order valence-electron chi connectivity index (χ0n) is 10.9. The Kier molecular flexibility index (Phi) is 4.19. The summed E-state index contributed by atoms with van der Waals surface area (Å²) >= 11 is 0. The molecule has 0 aliphatic heterocycles. The van der Waals surface area contributed by atoms with Crippen molar-refractivity contribution >= 4 is 0 Å². The Hall–Kier alpha value is -0.860. The summed E-state index contributed by atoms with van der Waals surface area (Å²) in [5.74, 6) is 0.569. The average Bonchev–Trinajstić information content (AvgIpc) is 2.76. The third-order valence-electron chi connectivity index (χ3n) is 3.98. The summed E-state index contributed by atoms with van der Waals surface area (Å²) < 4.78 is 6.07. The van der Waals surface area contributed by atoms with E-state index in [0.29, 0.717) is 12.0 Å². The van der Waals surface area contributed by atoms with Gasteiger partial charge in [-0.25, -0.2) is 0 Å². The fourth-order valence-corrected chi connectivity index (χ4v) is 2.76. The summed E-state index contributed by atoms with van der Waals surface area (Å²) in [6.45, 7) is 5.80. The van der Waals surface area contributed by atoms with Crippen molar-refractivity contribution in [2.24, 2.45) is 11.7 Å². The molecule has 1 aromatic rings. The van der Waals surface area contributed by atoms with Crippen LogP contribution in [0.3, 0.4) is 0 Å². The zero-order valence-corrected chi connectivity index (χ0v) is 10.9. The molecule has 2 rings (SSSR count). The van der Waals surface area contributed by atoms with E-state index in [2.05, 4.69) is 32.0 Å². The van der Waals surface area contributed by atoms with Crippen LogP contribution in [0.5, 0.6) is 0 Å². The molecule has 1 saturated carbocycles. The van der Waals surface area contributed by atoms with Crippen LogP contribution in [0.15, 0.2) is 18.2 Å². The Labute approximate surface area is 104 Å². The van der Waals surface area contributed by atoms with Gasteiger partial charge in [-0.2, -0.15) is 0 Å². The molecule has 0 spiro atoms. The van der Waals surface area contributed by atoms with Crippen LogP contribution >= 0.6 is 0 Å². The van der Waals surface area contributed by atoms with E-state index in [4.69, 9.17) is 10.5 Å². The first kappa shape index (κ1) is 12.6. The maximum atomic E-state index is 6.07. The molecule has 1 aromatic carbocycles. The molecule has 2 atom stereocenters. The molecule has 17 heavy (non-hydrogen) atoms. The molecule has 1 aliphatic rings. The normalized spacial score (nSPS) is 24.2. The number of aryl methyl sites for hydroxylation is 2. The highest BCUT2D eigenvalue weighted by atomic mass is 16.5. The maximum Gasteiger partial charge on any atom is 0.0725 e. The molecule has 2 unspecified atom stereocenters. The summed E-state index contributed by atoms with van der Waals surface area (Å²) in [4.78, 5) is 0. The predicted molar refractivity (Wildman–Crippen MR) is 70.9 cm³/mol. The lowest BCUT2D eigenvalue weighted by atomic mass is 10.0. The van der Waals surface area contributed by atoms with Gasteiger partial charge in [0.15, 0.2) is 0 Å². The molecule has 2 N–H and O–H groups in total. The van der Waals surface area contributed by atoms with Crippen LogP contribution < -0.4 is 5.73 Å². The smallest absolute Gasteiger partial charge is 0.0725 e. The highest BCUT2D eigenvalue weighted by molar-refractivity contribution is 5.32. The van der Waals surface area contributed by atoms with Gasteiger partial charge in [0.2, 0.25) is 0 Å². The SMILES string of the molecule is Cc1cccc(C)c1COC1CCCC1CN. The number of nitrogens with two attached hydrogens (primary N) is 1. The standard InChI is InChI=1S/C15H23NO/c1-11-5-3-6-12(2)14(11)10-17-15-8-4-7-13(15)9-16/h3,5-6,13,15H,4,7-10,16H2,1-2H3. The Balaban J connectivity index is 1.98. The summed E-state index contributed by atoms with van der Waals surface area (Å²) in [6.07, 6.45) is 4.04. The molecule has 2 nitrogen and oxygen atoms in total. The summed E-state index contributed by atoms with van der Waals surface area (Å²) in [5, 5.41) is 0. The first-order valence-corrected chi connectivity index (χ1v) is 6.59. The number of rotatable bonds is 4. The number of ether oxygens (including phenoxy) is 1. The number of hydrogen-bond acceptors (Lipinski definition) is 2. The molecule has 0 heterocycles. The maximum absolute atomic E-state index is 6.07. The van der Waals surface area contributed by atoms with E-state index in [9.17, 15) is 0 Å². The quantitative estimate of drug-likeness (QED) is 0.867. The first-order valence-electron chi connectivity index (χ1n) is 6.59. The second kappa shape index (κ2) is 5.65. The van der Waals surface area contributed by atoms with Crippen molar-refractivity contribution in [3.8, 4) is 0 Å². The minimum atomic E-state index is 0.374. The molecule has 0 amide bonds. The fraction of sp³-hybridized carbons (Fsp3) is 0.600. The van der Waals surface area contributed by atoms with E-state index < -0.39 is 0 Å². The van der Waals surface area contributed by atoms with Gasteiger partial charge in [-0.3, -0.25) is 0 Å². The van der Waals surface area contributed by atoms with Crippen molar-refractivity contribution in [1.29, 1.82) is 0 Å². The van der Waals surface area contributed by atoms with Gasteiger partial charge >= 0.3 is 0 Å². The zero-order chi connectivity index (χ0) is 12.3. The lowest BCUT2D eigenvalue weighted by Gasteiger charge is -2.20. The van der Waals surface area contributed by atoms with Gasteiger partial charge in [0, 0.05) is 0 Å². The van der Waals surface area contributed by atoms with Crippen molar-refractivity contribution in [2.45, 2.75) is 45.8 Å². The third-order valence-corrected chi connectivity index (χ3v) is 3.98. The van der Waals surface area contributed by atoms with Gasteiger partial charge in [0.25, 0.3) is 0 Å².